The van der Waals surface area contributed by atoms with Crippen LogP contribution in [0.4, 0.5) is 13.2 Å². The minimum atomic E-state index is -5.13. The van der Waals surface area contributed by atoms with E-state index in [1.807, 2.05) is 0 Å². The molecule has 2 heterocycles. The second kappa shape index (κ2) is 12.3. The average Bonchev–Trinajstić information content (AvgIpc) is 2.88. The molecule has 1 saturated heterocycles. The number of nitrogens with zero attached hydrogens (tertiary/aromatic N) is 2. The van der Waals surface area contributed by atoms with Crippen LogP contribution in [-0.2, 0) is 27.7 Å². The number of piperidine rings is 1. The van der Waals surface area contributed by atoms with Crippen LogP contribution in [0.2, 0.25) is 10.0 Å². The third kappa shape index (κ3) is 7.10. The summed E-state index contributed by atoms with van der Waals surface area (Å²) in [6.07, 6.45) is -3.78. The Hall–Kier alpha value is -3.07. The van der Waals surface area contributed by atoms with Gasteiger partial charge in [-0.1, -0.05) is 30.1 Å². The maximum Gasteiger partial charge on any atom is 0.573 e. The van der Waals surface area contributed by atoms with Gasteiger partial charge in [-0.15, -0.1) is 13.2 Å². The molecule has 1 aromatic heterocycles. The summed E-state index contributed by atoms with van der Waals surface area (Å²) < 4.78 is 70.5. The molecular weight excluding hydrogens is 624 g/mol. The number of aromatic nitrogens is 2. The summed E-state index contributed by atoms with van der Waals surface area (Å²) in [6, 6.07) is 4.54. The van der Waals surface area contributed by atoms with Gasteiger partial charge in [-0.3, -0.25) is 19.1 Å². The van der Waals surface area contributed by atoms with Gasteiger partial charge in [-0.05, 0) is 49.2 Å². The number of amides is 1. The molecule has 2 N–H and O–H groups in total. The summed E-state index contributed by atoms with van der Waals surface area (Å²) in [5.74, 6) is -1.23. The predicted molar refractivity (Wildman–Crippen MR) is 151 cm³/mol. The lowest BCUT2D eigenvalue weighted by Gasteiger charge is -2.33. The standard InChI is InChI=1S/C26H27Cl2F3N4O6S/c1-3-42(39,40)21-7-6-16(27)9-15(21)11-35-24(37)18-10-20(41-26(29,30)31)19(22(28)23(18)33-25(35)38)13-34-8-4-5-17(12-34)32-14(2)36/h6-7,9-10,17H,3-5,8,11-13H2,1-2H3,(H,32,36)(H,33,38)/t17-/m0/s1. The minimum Gasteiger partial charge on any atom is -0.405 e. The Kier molecular flexibility index (Phi) is 9.31. The first-order valence-corrected chi connectivity index (χ1v) is 15.2. The number of likely N-dealkylation sites (tertiary alicyclic amines) is 1. The van der Waals surface area contributed by atoms with Crippen LogP contribution in [-0.4, -0.2) is 60.0 Å². The van der Waals surface area contributed by atoms with Gasteiger partial charge in [-0.25, -0.2) is 13.2 Å². The lowest BCUT2D eigenvalue weighted by Crippen LogP contribution is -2.46. The zero-order valence-electron chi connectivity index (χ0n) is 22.5. The maximum absolute atomic E-state index is 13.5. The Morgan fingerprint density at radius 1 is 1.19 bits per heavy atom. The number of ether oxygens (including phenoxy) is 1. The molecule has 228 valence electrons. The van der Waals surface area contributed by atoms with E-state index in [4.69, 9.17) is 23.2 Å². The molecule has 4 rings (SSSR count). The largest absolute Gasteiger partial charge is 0.573 e. The summed E-state index contributed by atoms with van der Waals surface area (Å²) in [6.45, 7) is 2.97. The van der Waals surface area contributed by atoms with E-state index in [1.54, 1.807) is 4.90 Å². The Morgan fingerprint density at radius 3 is 2.55 bits per heavy atom. The van der Waals surface area contributed by atoms with Crippen LogP contribution in [0, 0.1) is 0 Å². The fourth-order valence-electron chi connectivity index (χ4n) is 5.01. The molecule has 1 atom stereocenters. The number of hydrogen-bond donors (Lipinski definition) is 2. The Bertz CT molecular complexity index is 1760. The first-order chi connectivity index (χ1) is 19.6. The molecule has 0 aliphatic carbocycles. The van der Waals surface area contributed by atoms with Gasteiger partial charge in [0.2, 0.25) is 5.91 Å². The van der Waals surface area contributed by atoms with Crippen LogP contribution in [0.15, 0.2) is 38.8 Å². The number of H-pyrrole nitrogens is 1. The highest BCUT2D eigenvalue weighted by Gasteiger charge is 2.34. The molecule has 42 heavy (non-hydrogen) atoms. The van der Waals surface area contributed by atoms with Crippen molar-refractivity contribution in [2.45, 2.75) is 57.1 Å². The number of hydrogen-bond acceptors (Lipinski definition) is 7. The molecule has 16 heteroatoms. The smallest absolute Gasteiger partial charge is 0.405 e. The van der Waals surface area contributed by atoms with E-state index in [9.17, 15) is 36.0 Å². The molecule has 1 aliphatic rings. The van der Waals surface area contributed by atoms with Crippen molar-refractivity contribution in [3.63, 3.8) is 0 Å². The number of halogens is 5. The zero-order valence-corrected chi connectivity index (χ0v) is 24.8. The van der Waals surface area contributed by atoms with Crippen molar-refractivity contribution in [2.24, 2.45) is 0 Å². The third-order valence-electron chi connectivity index (χ3n) is 6.87. The zero-order chi connectivity index (χ0) is 31.0. The van der Waals surface area contributed by atoms with E-state index in [1.165, 1.54) is 32.0 Å². The average molecular weight is 651 g/mol. The van der Waals surface area contributed by atoms with Crippen LogP contribution in [0.1, 0.15) is 37.8 Å². The van der Waals surface area contributed by atoms with Gasteiger partial charge < -0.3 is 15.0 Å². The first-order valence-electron chi connectivity index (χ1n) is 12.8. The summed E-state index contributed by atoms with van der Waals surface area (Å²) in [5.41, 5.74) is -2.24. The van der Waals surface area contributed by atoms with Gasteiger partial charge in [0.05, 0.1) is 33.1 Å². The molecule has 0 bridgehead atoms. The van der Waals surface area contributed by atoms with Gasteiger partial charge in [-0.2, -0.15) is 0 Å². The lowest BCUT2D eigenvalue weighted by atomic mass is 10.0. The molecular formula is C26H27Cl2F3N4O6S. The Balaban J connectivity index is 1.83. The topological polar surface area (TPSA) is 131 Å². The van der Waals surface area contributed by atoms with Crippen LogP contribution in [0.25, 0.3) is 10.9 Å². The fraction of sp³-hybridized carbons (Fsp3) is 0.423. The van der Waals surface area contributed by atoms with Gasteiger partial charge in [0.15, 0.2) is 9.84 Å². The van der Waals surface area contributed by atoms with E-state index >= 15 is 0 Å². The molecule has 10 nitrogen and oxygen atoms in total. The second-order valence-electron chi connectivity index (χ2n) is 9.89. The van der Waals surface area contributed by atoms with Crippen molar-refractivity contribution >= 4 is 49.8 Å². The number of alkyl halides is 3. The number of fused-ring (bicyclic) bond motifs is 1. The summed E-state index contributed by atoms with van der Waals surface area (Å²) in [7, 11) is -3.78. The monoisotopic (exact) mass is 650 g/mol. The summed E-state index contributed by atoms with van der Waals surface area (Å²) in [4.78, 5) is 42.2. The van der Waals surface area contributed by atoms with Crippen LogP contribution < -0.4 is 21.3 Å². The molecule has 0 saturated carbocycles. The number of sulfone groups is 1. The normalized spacial score (nSPS) is 16.5. The van der Waals surface area contributed by atoms with E-state index in [0.717, 1.165) is 6.07 Å². The van der Waals surface area contributed by atoms with Crippen molar-refractivity contribution in [2.75, 3.05) is 18.8 Å². The van der Waals surface area contributed by atoms with E-state index < -0.39 is 39.7 Å². The van der Waals surface area contributed by atoms with E-state index in [0.29, 0.717) is 30.5 Å². The number of carbonyl (C=O) groups excluding carboxylic acids is 1. The highest BCUT2D eigenvalue weighted by atomic mass is 35.5. The number of nitrogens with one attached hydrogen (secondary N) is 2. The van der Waals surface area contributed by atoms with Gasteiger partial charge >= 0.3 is 12.1 Å². The molecule has 1 amide bonds. The number of benzene rings is 2. The highest BCUT2D eigenvalue weighted by Crippen LogP contribution is 2.37. The molecule has 0 radical (unpaired) electrons. The number of aromatic amines is 1. The van der Waals surface area contributed by atoms with Gasteiger partial charge in [0.1, 0.15) is 5.75 Å². The summed E-state index contributed by atoms with van der Waals surface area (Å²) >= 11 is 12.6. The highest BCUT2D eigenvalue weighted by molar-refractivity contribution is 7.91. The maximum atomic E-state index is 13.5. The number of carbonyl (C=O) groups is 1. The van der Waals surface area contributed by atoms with Crippen molar-refractivity contribution in [3.05, 3.63) is 66.3 Å². The van der Waals surface area contributed by atoms with Crippen molar-refractivity contribution in [3.8, 4) is 5.75 Å². The van der Waals surface area contributed by atoms with E-state index in [2.05, 4.69) is 15.0 Å². The van der Waals surface area contributed by atoms with Crippen LogP contribution >= 0.6 is 23.2 Å². The quantitative estimate of drug-likeness (QED) is 0.379. The second-order valence-corrected chi connectivity index (χ2v) is 13.0. The Labute approximate surface area is 248 Å². The Morgan fingerprint density at radius 2 is 1.90 bits per heavy atom. The lowest BCUT2D eigenvalue weighted by molar-refractivity contribution is -0.274. The van der Waals surface area contributed by atoms with Gasteiger partial charge in [0, 0.05) is 36.6 Å². The van der Waals surface area contributed by atoms with Crippen LogP contribution in [0.5, 0.6) is 5.75 Å². The third-order valence-corrected chi connectivity index (χ3v) is 9.35. The molecule has 0 spiro atoms. The van der Waals surface area contributed by atoms with Crippen molar-refractivity contribution in [1.82, 2.24) is 19.8 Å². The number of rotatable bonds is 8. The molecule has 0 unspecified atom stereocenters. The van der Waals surface area contributed by atoms with Crippen LogP contribution in [0.3, 0.4) is 0 Å². The first kappa shape index (κ1) is 31.9. The van der Waals surface area contributed by atoms with Crippen molar-refractivity contribution < 1.29 is 31.1 Å². The van der Waals surface area contributed by atoms with E-state index in [-0.39, 0.29) is 61.2 Å². The molecule has 3 aromatic rings. The summed E-state index contributed by atoms with van der Waals surface area (Å²) in [5, 5.41) is 2.26. The fourth-order valence-corrected chi connectivity index (χ4v) is 6.61. The predicted octanol–water partition coefficient (Wildman–Crippen LogP) is 3.84. The van der Waals surface area contributed by atoms with Gasteiger partial charge in [0.25, 0.3) is 5.56 Å². The van der Waals surface area contributed by atoms with Crippen molar-refractivity contribution in [1.29, 1.82) is 0 Å². The minimum absolute atomic E-state index is 0.0459. The SMILES string of the molecule is CCS(=O)(=O)c1ccc(Cl)cc1Cn1c(=O)[nH]c2c(Cl)c(CN3CCC[C@H](NC(C)=O)C3)c(OC(F)(F)F)cc2c1=O. The molecule has 1 aliphatic heterocycles. The molecule has 2 aromatic carbocycles. The molecule has 1 fully saturated rings.